The number of benzene rings is 1. The van der Waals surface area contributed by atoms with Crippen LogP contribution < -0.4 is 0 Å². The molecule has 6 nitrogen and oxygen atoms in total. The average molecular weight is 360 g/mol. The number of hydrogen-bond acceptors (Lipinski definition) is 6. The third-order valence-electron chi connectivity index (χ3n) is 3.49. The predicted octanol–water partition coefficient (Wildman–Crippen LogP) is 4.01. The van der Waals surface area contributed by atoms with Gasteiger partial charge in [0.1, 0.15) is 17.3 Å². The van der Waals surface area contributed by atoms with Gasteiger partial charge in [-0.1, -0.05) is 29.8 Å². The molecule has 0 atom stereocenters. The highest BCUT2D eigenvalue weighted by atomic mass is 35.5. The second-order valence-corrected chi connectivity index (χ2v) is 5.40. The average Bonchev–Trinajstić information content (AvgIpc) is 2.99. The Kier molecular flexibility index (Phi) is 5.00. The van der Waals surface area contributed by atoms with Crippen LogP contribution in [0, 0.1) is 0 Å². The number of aromatic nitrogens is 1. The fourth-order valence-electron chi connectivity index (χ4n) is 2.36. The third kappa shape index (κ3) is 3.49. The van der Waals surface area contributed by atoms with Crippen LogP contribution in [-0.4, -0.2) is 23.5 Å². The Morgan fingerprint density at radius 2 is 1.92 bits per heavy atom. The summed E-state index contributed by atoms with van der Waals surface area (Å²) in [6.07, 6.45) is 1.47. The van der Waals surface area contributed by atoms with Gasteiger partial charge in [0.25, 0.3) is 0 Å². The van der Waals surface area contributed by atoms with Crippen molar-refractivity contribution in [3.8, 4) is 0 Å². The van der Waals surface area contributed by atoms with E-state index < -0.39 is 11.9 Å². The van der Waals surface area contributed by atoms with Gasteiger partial charge in [0.15, 0.2) is 0 Å². The first-order valence-corrected chi connectivity index (χ1v) is 7.94. The lowest BCUT2D eigenvalue weighted by Crippen LogP contribution is -2.10. The molecule has 0 saturated heterocycles. The second kappa shape index (κ2) is 7.36. The highest BCUT2D eigenvalue weighted by Crippen LogP contribution is 2.27. The monoisotopic (exact) mass is 359 g/mol. The van der Waals surface area contributed by atoms with Crippen LogP contribution in [0.15, 0.2) is 47.0 Å². The molecule has 0 N–H and O–H groups in total. The first-order chi connectivity index (χ1) is 12.1. The number of pyridine rings is 1. The van der Waals surface area contributed by atoms with Crippen LogP contribution in [0.2, 0.25) is 5.15 Å². The van der Waals surface area contributed by atoms with Crippen molar-refractivity contribution in [2.45, 2.75) is 13.5 Å². The van der Waals surface area contributed by atoms with Crippen LogP contribution in [0.25, 0.3) is 11.0 Å². The van der Waals surface area contributed by atoms with Crippen molar-refractivity contribution >= 4 is 34.5 Å². The van der Waals surface area contributed by atoms with E-state index in [0.717, 1.165) is 0 Å². The van der Waals surface area contributed by atoms with Crippen molar-refractivity contribution in [1.29, 1.82) is 0 Å². The number of fused-ring (bicyclic) bond motifs is 1. The molecule has 0 aliphatic rings. The van der Waals surface area contributed by atoms with Gasteiger partial charge in [-0.2, -0.15) is 0 Å². The van der Waals surface area contributed by atoms with Gasteiger partial charge >= 0.3 is 11.9 Å². The fraction of sp³-hybridized carbons (Fsp3) is 0.167. The Bertz CT molecular complexity index is 934. The minimum Gasteiger partial charge on any atom is -0.460 e. The van der Waals surface area contributed by atoms with E-state index in [4.69, 9.17) is 25.5 Å². The minimum atomic E-state index is -0.641. The molecule has 3 aromatic rings. The Balaban J connectivity index is 1.90. The molecule has 0 saturated carbocycles. The summed E-state index contributed by atoms with van der Waals surface area (Å²) in [4.78, 5) is 28.2. The van der Waals surface area contributed by atoms with Gasteiger partial charge in [-0.25, -0.2) is 14.6 Å². The SMILES string of the molecule is CCOC(=O)c1oc2ccccc2c1COC(=O)c1cccnc1Cl. The lowest BCUT2D eigenvalue weighted by atomic mass is 10.1. The molecule has 0 spiro atoms. The van der Waals surface area contributed by atoms with Gasteiger partial charge in [-0.15, -0.1) is 0 Å². The van der Waals surface area contributed by atoms with E-state index in [-0.39, 0.29) is 29.7 Å². The summed E-state index contributed by atoms with van der Waals surface area (Å²) < 4.78 is 15.9. The Morgan fingerprint density at radius 1 is 1.12 bits per heavy atom. The zero-order valence-corrected chi connectivity index (χ0v) is 14.1. The largest absolute Gasteiger partial charge is 0.460 e. The molecule has 0 amide bonds. The molecule has 0 aliphatic carbocycles. The van der Waals surface area contributed by atoms with Crippen LogP contribution in [0.1, 0.15) is 33.4 Å². The lowest BCUT2D eigenvalue weighted by Gasteiger charge is -2.06. The summed E-state index contributed by atoms with van der Waals surface area (Å²) in [7, 11) is 0. The quantitative estimate of drug-likeness (QED) is 0.505. The summed E-state index contributed by atoms with van der Waals surface area (Å²) >= 11 is 5.89. The maximum atomic E-state index is 12.2. The molecule has 7 heteroatoms. The first kappa shape index (κ1) is 17.0. The lowest BCUT2D eigenvalue weighted by molar-refractivity contribution is 0.0435. The molecule has 2 aromatic heterocycles. The maximum absolute atomic E-state index is 12.2. The molecule has 0 unspecified atom stereocenters. The highest BCUT2D eigenvalue weighted by molar-refractivity contribution is 6.32. The molecule has 2 heterocycles. The molecule has 3 rings (SSSR count). The van der Waals surface area contributed by atoms with Crippen molar-refractivity contribution < 1.29 is 23.5 Å². The molecule has 0 aliphatic heterocycles. The number of nitrogens with zero attached hydrogens (tertiary/aromatic N) is 1. The van der Waals surface area contributed by atoms with Crippen LogP contribution in [0.4, 0.5) is 0 Å². The van der Waals surface area contributed by atoms with E-state index in [1.807, 2.05) is 0 Å². The Morgan fingerprint density at radius 3 is 2.68 bits per heavy atom. The van der Waals surface area contributed by atoms with Gasteiger partial charge in [0, 0.05) is 11.6 Å². The van der Waals surface area contributed by atoms with Gasteiger partial charge in [0.2, 0.25) is 5.76 Å². The van der Waals surface area contributed by atoms with Gasteiger partial charge in [0.05, 0.1) is 17.7 Å². The number of ether oxygens (including phenoxy) is 2. The van der Waals surface area contributed by atoms with Crippen molar-refractivity contribution in [1.82, 2.24) is 4.98 Å². The Hall–Kier alpha value is -2.86. The van der Waals surface area contributed by atoms with E-state index in [9.17, 15) is 9.59 Å². The molecule has 1 aromatic carbocycles. The number of furan rings is 1. The summed E-state index contributed by atoms with van der Waals surface area (Å²) in [5.41, 5.74) is 1.10. The summed E-state index contributed by atoms with van der Waals surface area (Å²) in [6, 6.07) is 10.2. The molecule has 0 fully saturated rings. The van der Waals surface area contributed by atoms with Crippen LogP contribution in [0.5, 0.6) is 0 Å². The fourth-order valence-corrected chi connectivity index (χ4v) is 2.55. The molecule has 0 radical (unpaired) electrons. The number of para-hydroxylation sites is 1. The number of carbonyl (C=O) groups is 2. The smallest absolute Gasteiger partial charge is 0.374 e. The van der Waals surface area contributed by atoms with Crippen LogP contribution >= 0.6 is 11.6 Å². The predicted molar refractivity (Wildman–Crippen MR) is 90.5 cm³/mol. The number of rotatable bonds is 5. The van der Waals surface area contributed by atoms with Gasteiger partial charge < -0.3 is 13.9 Å². The highest BCUT2D eigenvalue weighted by Gasteiger charge is 2.23. The van der Waals surface area contributed by atoms with Crippen molar-refractivity contribution in [2.24, 2.45) is 0 Å². The van der Waals surface area contributed by atoms with E-state index in [1.54, 1.807) is 37.3 Å². The second-order valence-electron chi connectivity index (χ2n) is 5.04. The number of carbonyl (C=O) groups excluding carboxylic acids is 2. The molecular weight excluding hydrogens is 346 g/mol. The van der Waals surface area contributed by atoms with Gasteiger partial charge in [-0.3, -0.25) is 0 Å². The number of hydrogen-bond donors (Lipinski definition) is 0. The molecular formula is C18H14ClNO5. The zero-order chi connectivity index (χ0) is 17.8. The standard InChI is InChI=1S/C18H14ClNO5/c1-2-23-18(22)15-13(11-6-3-4-8-14(11)25-15)10-24-17(21)12-7-5-9-20-16(12)19/h3-9H,2,10H2,1H3. The van der Waals surface area contributed by atoms with Crippen molar-refractivity contribution in [3.63, 3.8) is 0 Å². The zero-order valence-electron chi connectivity index (χ0n) is 13.3. The summed E-state index contributed by atoms with van der Waals surface area (Å²) in [6.45, 7) is 1.75. The summed E-state index contributed by atoms with van der Waals surface area (Å²) in [5, 5.41) is 0.728. The molecule has 25 heavy (non-hydrogen) atoms. The van der Waals surface area contributed by atoms with Crippen molar-refractivity contribution in [2.75, 3.05) is 6.61 Å². The topological polar surface area (TPSA) is 78.6 Å². The first-order valence-electron chi connectivity index (χ1n) is 7.57. The normalized spacial score (nSPS) is 10.6. The summed E-state index contributed by atoms with van der Waals surface area (Å²) in [5.74, 6) is -1.23. The van der Waals surface area contributed by atoms with Crippen LogP contribution in [-0.2, 0) is 16.1 Å². The maximum Gasteiger partial charge on any atom is 0.374 e. The molecule has 128 valence electrons. The van der Waals surface area contributed by atoms with E-state index in [0.29, 0.717) is 16.5 Å². The molecule has 0 bridgehead atoms. The van der Waals surface area contributed by atoms with E-state index >= 15 is 0 Å². The van der Waals surface area contributed by atoms with E-state index in [1.165, 1.54) is 12.3 Å². The number of halogens is 1. The number of esters is 2. The van der Waals surface area contributed by atoms with Crippen LogP contribution in [0.3, 0.4) is 0 Å². The van der Waals surface area contributed by atoms with Crippen molar-refractivity contribution in [3.05, 3.63) is 64.6 Å². The third-order valence-corrected chi connectivity index (χ3v) is 3.79. The Labute approximate surface area is 148 Å². The van der Waals surface area contributed by atoms with Gasteiger partial charge in [-0.05, 0) is 25.1 Å². The minimum absolute atomic E-state index is 0.0214. The van der Waals surface area contributed by atoms with E-state index in [2.05, 4.69) is 4.98 Å².